The molecular formula is C11H20Si. The van der Waals surface area contributed by atoms with E-state index >= 15 is 0 Å². The van der Waals surface area contributed by atoms with Gasteiger partial charge in [-0.2, -0.15) is 0 Å². The van der Waals surface area contributed by atoms with Crippen LogP contribution in [0.4, 0.5) is 0 Å². The molecule has 0 N–H and O–H groups in total. The zero-order valence-corrected chi connectivity index (χ0v) is 9.61. The van der Waals surface area contributed by atoms with Gasteiger partial charge >= 0.3 is 0 Å². The SMILES string of the molecule is CCCC[Si](C)(C)C#CC1CC1. The van der Waals surface area contributed by atoms with Crippen LogP contribution in [0.25, 0.3) is 0 Å². The van der Waals surface area contributed by atoms with Gasteiger partial charge in [0.1, 0.15) is 8.07 Å². The quantitative estimate of drug-likeness (QED) is 0.461. The summed E-state index contributed by atoms with van der Waals surface area (Å²) in [6.07, 6.45) is 5.43. The molecule has 12 heavy (non-hydrogen) atoms. The van der Waals surface area contributed by atoms with Crippen molar-refractivity contribution in [2.75, 3.05) is 0 Å². The Labute approximate surface area is 77.8 Å². The Balaban J connectivity index is 2.31. The molecule has 0 bridgehead atoms. The summed E-state index contributed by atoms with van der Waals surface area (Å²) < 4.78 is 0. The van der Waals surface area contributed by atoms with Crippen LogP contribution < -0.4 is 0 Å². The lowest BCUT2D eigenvalue weighted by Crippen LogP contribution is -2.22. The zero-order valence-electron chi connectivity index (χ0n) is 8.61. The highest BCUT2D eigenvalue weighted by molar-refractivity contribution is 6.85. The largest absolute Gasteiger partial charge is 0.132 e. The average molecular weight is 180 g/mol. The first-order valence-electron chi connectivity index (χ1n) is 5.17. The molecule has 0 nitrogen and oxygen atoms in total. The molecule has 0 aliphatic heterocycles. The summed E-state index contributed by atoms with van der Waals surface area (Å²) in [5, 5.41) is 0. The predicted octanol–water partition coefficient (Wildman–Crippen LogP) is 3.45. The van der Waals surface area contributed by atoms with Crippen LogP contribution in [-0.4, -0.2) is 8.07 Å². The van der Waals surface area contributed by atoms with E-state index in [0.29, 0.717) is 0 Å². The summed E-state index contributed by atoms with van der Waals surface area (Å²) in [6.45, 7) is 7.06. The van der Waals surface area contributed by atoms with Gasteiger partial charge < -0.3 is 0 Å². The number of hydrogen-bond donors (Lipinski definition) is 0. The Hall–Kier alpha value is -0.223. The second kappa shape index (κ2) is 4.14. The van der Waals surface area contributed by atoms with Gasteiger partial charge in [-0.1, -0.05) is 32.9 Å². The summed E-state index contributed by atoms with van der Waals surface area (Å²) in [6, 6.07) is 1.39. The van der Waals surface area contributed by atoms with Gasteiger partial charge in [-0.15, -0.1) is 11.5 Å². The lowest BCUT2D eigenvalue weighted by atomic mass is 10.4. The Morgan fingerprint density at radius 1 is 1.33 bits per heavy atom. The number of rotatable bonds is 3. The second-order valence-corrected chi connectivity index (χ2v) is 9.05. The topological polar surface area (TPSA) is 0 Å². The van der Waals surface area contributed by atoms with Crippen LogP contribution in [-0.2, 0) is 0 Å². The van der Waals surface area contributed by atoms with Gasteiger partial charge in [-0.3, -0.25) is 0 Å². The van der Waals surface area contributed by atoms with E-state index in [2.05, 4.69) is 31.5 Å². The Morgan fingerprint density at radius 3 is 2.50 bits per heavy atom. The maximum atomic E-state index is 3.54. The van der Waals surface area contributed by atoms with Gasteiger partial charge in [-0.25, -0.2) is 0 Å². The van der Waals surface area contributed by atoms with E-state index in [0.717, 1.165) is 5.92 Å². The summed E-state index contributed by atoms with van der Waals surface area (Å²) in [7, 11) is -1.11. The fourth-order valence-corrected chi connectivity index (χ4v) is 3.16. The molecule has 0 aromatic heterocycles. The van der Waals surface area contributed by atoms with E-state index in [1.165, 1.54) is 31.7 Å². The summed E-state index contributed by atoms with van der Waals surface area (Å²) in [5.41, 5.74) is 3.54. The van der Waals surface area contributed by atoms with Crippen LogP contribution in [0, 0.1) is 17.4 Å². The van der Waals surface area contributed by atoms with Crippen molar-refractivity contribution in [1.82, 2.24) is 0 Å². The van der Waals surface area contributed by atoms with Gasteiger partial charge in [0.25, 0.3) is 0 Å². The molecule has 1 fully saturated rings. The second-order valence-electron chi connectivity index (χ2n) is 4.53. The minimum atomic E-state index is -1.11. The van der Waals surface area contributed by atoms with Gasteiger partial charge in [-0.05, 0) is 18.9 Å². The molecular weight excluding hydrogens is 160 g/mol. The number of unbranched alkanes of at least 4 members (excludes halogenated alkanes) is 1. The molecule has 1 aliphatic carbocycles. The first-order valence-corrected chi connectivity index (χ1v) is 8.37. The summed E-state index contributed by atoms with van der Waals surface area (Å²) in [5.74, 6) is 4.21. The minimum absolute atomic E-state index is 0.790. The van der Waals surface area contributed by atoms with E-state index in [-0.39, 0.29) is 0 Å². The van der Waals surface area contributed by atoms with E-state index < -0.39 is 8.07 Å². The van der Waals surface area contributed by atoms with Crippen LogP contribution >= 0.6 is 0 Å². The molecule has 0 atom stereocenters. The lowest BCUT2D eigenvalue weighted by molar-refractivity contribution is 0.871. The first-order chi connectivity index (χ1) is 5.64. The molecule has 1 rings (SSSR count). The third-order valence-electron chi connectivity index (χ3n) is 2.35. The third-order valence-corrected chi connectivity index (χ3v) is 4.77. The molecule has 0 heterocycles. The van der Waals surface area contributed by atoms with Crippen LogP contribution in [0.15, 0.2) is 0 Å². The van der Waals surface area contributed by atoms with Gasteiger partial charge in [0.15, 0.2) is 0 Å². The molecule has 0 unspecified atom stereocenters. The summed E-state index contributed by atoms with van der Waals surface area (Å²) >= 11 is 0. The van der Waals surface area contributed by atoms with Gasteiger partial charge in [0.2, 0.25) is 0 Å². The fourth-order valence-electron chi connectivity index (χ4n) is 1.21. The Morgan fingerprint density at radius 2 is 2.00 bits per heavy atom. The molecule has 1 heteroatoms. The molecule has 0 spiro atoms. The molecule has 0 aromatic carbocycles. The van der Waals surface area contributed by atoms with E-state index in [1.807, 2.05) is 0 Å². The maximum Gasteiger partial charge on any atom is 0.132 e. The van der Waals surface area contributed by atoms with Crippen LogP contribution in [0.3, 0.4) is 0 Å². The van der Waals surface area contributed by atoms with Crippen molar-refractivity contribution in [3.05, 3.63) is 0 Å². The van der Waals surface area contributed by atoms with E-state index in [4.69, 9.17) is 0 Å². The summed E-state index contributed by atoms with van der Waals surface area (Å²) in [4.78, 5) is 0. The average Bonchev–Trinajstić information content (AvgIpc) is 2.81. The van der Waals surface area contributed by atoms with Gasteiger partial charge in [0.05, 0.1) is 0 Å². The molecule has 0 amide bonds. The normalized spacial score (nSPS) is 16.9. The van der Waals surface area contributed by atoms with Crippen LogP contribution in [0.1, 0.15) is 32.6 Å². The highest BCUT2D eigenvalue weighted by atomic mass is 28.3. The molecule has 1 saturated carbocycles. The Bertz CT molecular complexity index is 191. The molecule has 0 aromatic rings. The standard InChI is InChI=1S/C11H20Si/c1-4-5-9-12(2,3)10-8-11-6-7-11/h11H,4-7,9H2,1-3H3. The van der Waals surface area contributed by atoms with Crippen molar-refractivity contribution in [3.63, 3.8) is 0 Å². The van der Waals surface area contributed by atoms with E-state index in [9.17, 15) is 0 Å². The lowest BCUT2D eigenvalue weighted by Gasteiger charge is -2.13. The molecule has 0 saturated heterocycles. The molecule has 1 aliphatic rings. The van der Waals surface area contributed by atoms with Crippen molar-refractivity contribution in [1.29, 1.82) is 0 Å². The van der Waals surface area contributed by atoms with Gasteiger partial charge in [0, 0.05) is 5.92 Å². The highest BCUT2D eigenvalue weighted by Gasteiger charge is 2.21. The van der Waals surface area contributed by atoms with Crippen LogP contribution in [0.2, 0.25) is 19.1 Å². The van der Waals surface area contributed by atoms with Crippen molar-refractivity contribution in [2.24, 2.45) is 5.92 Å². The smallest absolute Gasteiger partial charge is 0.131 e. The Kier molecular flexibility index (Phi) is 3.40. The van der Waals surface area contributed by atoms with Crippen molar-refractivity contribution < 1.29 is 0 Å². The molecule has 0 radical (unpaired) electrons. The van der Waals surface area contributed by atoms with E-state index in [1.54, 1.807) is 0 Å². The monoisotopic (exact) mass is 180 g/mol. The molecule has 68 valence electrons. The third kappa shape index (κ3) is 3.97. The first kappa shape index (κ1) is 9.86. The van der Waals surface area contributed by atoms with Crippen molar-refractivity contribution in [3.8, 4) is 11.5 Å². The predicted molar refractivity (Wildman–Crippen MR) is 57.7 cm³/mol. The zero-order chi connectivity index (χ0) is 9.03. The van der Waals surface area contributed by atoms with Crippen molar-refractivity contribution in [2.45, 2.75) is 51.7 Å². The number of hydrogen-bond acceptors (Lipinski definition) is 0. The minimum Gasteiger partial charge on any atom is -0.131 e. The fraction of sp³-hybridized carbons (Fsp3) is 0.818. The highest BCUT2D eigenvalue weighted by Crippen LogP contribution is 2.28. The van der Waals surface area contributed by atoms with Crippen LogP contribution in [0.5, 0.6) is 0 Å². The van der Waals surface area contributed by atoms with Crippen molar-refractivity contribution >= 4 is 8.07 Å². The maximum absolute atomic E-state index is 3.54.